The van der Waals surface area contributed by atoms with Crippen molar-refractivity contribution < 1.29 is 9.90 Å². The fourth-order valence-corrected chi connectivity index (χ4v) is 1.11. The van der Waals surface area contributed by atoms with Crippen LogP contribution >= 0.6 is 0 Å². The average molecular weight is 188 g/mol. The molecule has 0 aliphatic carbocycles. The molecular formula is C9H20N2O2. The summed E-state index contributed by atoms with van der Waals surface area (Å²) in [5, 5.41) is 12.3. The highest BCUT2D eigenvalue weighted by molar-refractivity contribution is 5.78. The van der Waals surface area contributed by atoms with Gasteiger partial charge >= 0.3 is 0 Å². The van der Waals surface area contributed by atoms with Crippen LogP contribution in [0, 0.1) is 0 Å². The first-order valence-corrected chi connectivity index (χ1v) is 4.55. The first-order chi connectivity index (χ1) is 5.90. The lowest BCUT2D eigenvalue weighted by Crippen LogP contribution is -2.45. The summed E-state index contributed by atoms with van der Waals surface area (Å²) in [6, 6.07) is 0. The van der Waals surface area contributed by atoms with E-state index < -0.39 is 5.60 Å². The Morgan fingerprint density at radius 3 is 2.38 bits per heavy atom. The summed E-state index contributed by atoms with van der Waals surface area (Å²) in [4.78, 5) is 13.0. The molecule has 0 aliphatic rings. The molecule has 4 nitrogen and oxygen atoms in total. The van der Waals surface area contributed by atoms with Gasteiger partial charge in [-0.15, -0.1) is 0 Å². The Morgan fingerprint density at radius 1 is 1.54 bits per heavy atom. The van der Waals surface area contributed by atoms with E-state index in [1.165, 1.54) is 0 Å². The predicted octanol–water partition coefficient (Wildman–Crippen LogP) is -0.175. The van der Waals surface area contributed by atoms with E-state index in [-0.39, 0.29) is 5.91 Å². The molecule has 0 bridgehead atoms. The normalized spacial score (nSPS) is 11.5. The van der Waals surface area contributed by atoms with Gasteiger partial charge in [-0.25, -0.2) is 0 Å². The maximum Gasteiger partial charge on any atom is 0.236 e. The summed E-state index contributed by atoms with van der Waals surface area (Å²) in [6.45, 7) is 6.63. The molecule has 4 heteroatoms. The number of rotatable bonds is 5. The summed E-state index contributed by atoms with van der Waals surface area (Å²) in [7, 11) is 1.73. The van der Waals surface area contributed by atoms with Gasteiger partial charge in [0.1, 0.15) is 0 Å². The number of amides is 1. The molecule has 0 aromatic heterocycles. The van der Waals surface area contributed by atoms with E-state index >= 15 is 0 Å². The standard InChI is InChI=1S/C9H20N2O2/c1-5-11(7-9(2,3)13)8(12)6-10-4/h10,13H,5-7H2,1-4H3. The van der Waals surface area contributed by atoms with Gasteiger partial charge in [-0.3, -0.25) is 4.79 Å². The highest BCUT2D eigenvalue weighted by atomic mass is 16.3. The topological polar surface area (TPSA) is 52.6 Å². The van der Waals surface area contributed by atoms with Crippen LogP contribution in [0.1, 0.15) is 20.8 Å². The molecular weight excluding hydrogens is 168 g/mol. The van der Waals surface area contributed by atoms with Crippen molar-refractivity contribution in [2.45, 2.75) is 26.4 Å². The molecule has 0 saturated carbocycles. The molecule has 0 atom stereocenters. The molecule has 0 radical (unpaired) electrons. The minimum Gasteiger partial charge on any atom is -0.389 e. The number of nitrogens with zero attached hydrogens (tertiary/aromatic N) is 1. The van der Waals surface area contributed by atoms with Crippen LogP contribution < -0.4 is 5.32 Å². The molecule has 0 aliphatic heterocycles. The molecule has 0 aromatic rings. The number of carbonyl (C=O) groups is 1. The number of carbonyl (C=O) groups excluding carboxylic acids is 1. The Labute approximate surface area is 79.9 Å². The zero-order valence-electron chi connectivity index (χ0n) is 8.92. The second-order valence-electron chi connectivity index (χ2n) is 3.75. The molecule has 0 spiro atoms. The molecule has 78 valence electrons. The van der Waals surface area contributed by atoms with Gasteiger partial charge in [0, 0.05) is 13.1 Å². The van der Waals surface area contributed by atoms with Gasteiger partial charge in [0.15, 0.2) is 0 Å². The van der Waals surface area contributed by atoms with Crippen LogP contribution in [0.2, 0.25) is 0 Å². The highest BCUT2D eigenvalue weighted by Gasteiger charge is 2.20. The Morgan fingerprint density at radius 2 is 2.08 bits per heavy atom. The predicted molar refractivity (Wildman–Crippen MR) is 52.5 cm³/mol. The minimum absolute atomic E-state index is 0.0205. The van der Waals surface area contributed by atoms with Crippen molar-refractivity contribution in [3.63, 3.8) is 0 Å². The monoisotopic (exact) mass is 188 g/mol. The number of hydrogen-bond acceptors (Lipinski definition) is 3. The average Bonchev–Trinajstić information content (AvgIpc) is 1.99. The van der Waals surface area contributed by atoms with Crippen molar-refractivity contribution >= 4 is 5.91 Å². The van der Waals surface area contributed by atoms with Crippen LogP contribution in [0.4, 0.5) is 0 Å². The van der Waals surface area contributed by atoms with Gasteiger partial charge in [0.2, 0.25) is 5.91 Å². The molecule has 1 amide bonds. The SMILES string of the molecule is CCN(CC(C)(C)O)C(=O)CNC. The number of hydrogen-bond donors (Lipinski definition) is 2. The van der Waals surface area contributed by atoms with Crippen molar-refractivity contribution in [1.82, 2.24) is 10.2 Å². The lowest BCUT2D eigenvalue weighted by Gasteiger charge is -2.28. The number of nitrogens with one attached hydrogen (secondary N) is 1. The fourth-order valence-electron chi connectivity index (χ4n) is 1.11. The summed E-state index contributed by atoms with van der Waals surface area (Å²) in [5.74, 6) is 0.0205. The Kier molecular flexibility index (Phi) is 4.95. The zero-order valence-corrected chi connectivity index (χ0v) is 8.92. The van der Waals surface area contributed by atoms with Gasteiger partial charge in [-0.05, 0) is 27.8 Å². The first kappa shape index (κ1) is 12.4. The van der Waals surface area contributed by atoms with E-state index in [4.69, 9.17) is 0 Å². The van der Waals surface area contributed by atoms with Gasteiger partial charge < -0.3 is 15.3 Å². The van der Waals surface area contributed by atoms with Crippen molar-refractivity contribution in [3.8, 4) is 0 Å². The van der Waals surface area contributed by atoms with E-state index in [2.05, 4.69) is 5.32 Å². The van der Waals surface area contributed by atoms with E-state index in [1.54, 1.807) is 25.8 Å². The van der Waals surface area contributed by atoms with Crippen LogP contribution in [-0.2, 0) is 4.79 Å². The van der Waals surface area contributed by atoms with Crippen LogP contribution in [0.15, 0.2) is 0 Å². The van der Waals surface area contributed by atoms with Crippen LogP contribution in [-0.4, -0.2) is 48.2 Å². The number of likely N-dealkylation sites (N-methyl/N-ethyl adjacent to an activating group) is 2. The maximum absolute atomic E-state index is 11.4. The van der Waals surface area contributed by atoms with Crippen molar-refractivity contribution in [1.29, 1.82) is 0 Å². The first-order valence-electron chi connectivity index (χ1n) is 4.55. The smallest absolute Gasteiger partial charge is 0.236 e. The lowest BCUT2D eigenvalue weighted by molar-refractivity contribution is -0.132. The molecule has 2 N–H and O–H groups in total. The van der Waals surface area contributed by atoms with Crippen molar-refractivity contribution in [2.75, 3.05) is 26.7 Å². The molecule has 0 heterocycles. The lowest BCUT2D eigenvalue weighted by atomic mass is 10.1. The van der Waals surface area contributed by atoms with Crippen molar-refractivity contribution in [2.24, 2.45) is 0 Å². The summed E-state index contributed by atoms with van der Waals surface area (Å²) in [6.07, 6.45) is 0. The van der Waals surface area contributed by atoms with Crippen molar-refractivity contribution in [3.05, 3.63) is 0 Å². The van der Waals surface area contributed by atoms with E-state index in [1.807, 2.05) is 6.92 Å². The molecule has 0 saturated heterocycles. The van der Waals surface area contributed by atoms with Gasteiger partial charge in [0.25, 0.3) is 0 Å². The number of aliphatic hydroxyl groups is 1. The summed E-state index contributed by atoms with van der Waals surface area (Å²) in [5.41, 5.74) is -0.820. The van der Waals surface area contributed by atoms with Crippen LogP contribution in [0.3, 0.4) is 0 Å². The summed E-state index contributed by atoms with van der Waals surface area (Å²) >= 11 is 0. The maximum atomic E-state index is 11.4. The third-order valence-corrected chi connectivity index (χ3v) is 1.64. The van der Waals surface area contributed by atoms with Gasteiger partial charge in [0.05, 0.1) is 12.1 Å². The molecule has 0 unspecified atom stereocenters. The quantitative estimate of drug-likeness (QED) is 0.629. The van der Waals surface area contributed by atoms with E-state index in [0.29, 0.717) is 19.6 Å². The molecule has 13 heavy (non-hydrogen) atoms. The van der Waals surface area contributed by atoms with Gasteiger partial charge in [-0.2, -0.15) is 0 Å². The zero-order chi connectivity index (χ0) is 10.5. The second kappa shape index (κ2) is 5.19. The summed E-state index contributed by atoms with van der Waals surface area (Å²) < 4.78 is 0. The molecule has 0 rings (SSSR count). The third-order valence-electron chi connectivity index (χ3n) is 1.64. The van der Waals surface area contributed by atoms with Gasteiger partial charge in [-0.1, -0.05) is 0 Å². The fraction of sp³-hybridized carbons (Fsp3) is 0.889. The Hall–Kier alpha value is -0.610. The Bertz CT molecular complexity index is 163. The largest absolute Gasteiger partial charge is 0.389 e. The van der Waals surface area contributed by atoms with E-state index in [9.17, 15) is 9.90 Å². The Balaban J connectivity index is 4.10. The van der Waals surface area contributed by atoms with E-state index in [0.717, 1.165) is 0 Å². The van der Waals surface area contributed by atoms with Crippen LogP contribution in [0.25, 0.3) is 0 Å². The second-order valence-corrected chi connectivity index (χ2v) is 3.75. The third kappa shape index (κ3) is 5.60. The molecule has 0 fully saturated rings. The molecule has 0 aromatic carbocycles. The highest BCUT2D eigenvalue weighted by Crippen LogP contribution is 2.04. The minimum atomic E-state index is -0.820. The van der Waals surface area contributed by atoms with Crippen LogP contribution in [0.5, 0.6) is 0 Å².